The van der Waals surface area contributed by atoms with Gasteiger partial charge in [-0.2, -0.15) is 5.26 Å². The first-order valence-electron chi connectivity index (χ1n) is 10.5. The van der Waals surface area contributed by atoms with Gasteiger partial charge < -0.3 is 16.0 Å². The van der Waals surface area contributed by atoms with E-state index in [0.717, 1.165) is 16.2 Å². The number of pyridine rings is 1. The molecule has 166 valence electrons. The molecule has 1 atom stereocenters. The van der Waals surface area contributed by atoms with Gasteiger partial charge in [-0.1, -0.05) is 61.8 Å². The predicted octanol–water partition coefficient (Wildman–Crippen LogP) is 4.21. The Hall–Kier alpha value is -3.83. The highest BCUT2D eigenvalue weighted by atomic mass is 35.5. The van der Waals surface area contributed by atoms with Crippen molar-refractivity contribution in [3.05, 3.63) is 86.2 Å². The summed E-state index contributed by atoms with van der Waals surface area (Å²) < 4.78 is 0. The summed E-state index contributed by atoms with van der Waals surface area (Å²) in [6.45, 7) is 5.05. The molecule has 3 heterocycles. The van der Waals surface area contributed by atoms with Gasteiger partial charge in [-0.3, -0.25) is 10.1 Å². The number of nitro groups is 1. The molecule has 0 aliphatic carbocycles. The molecule has 5 rings (SSSR count). The van der Waals surface area contributed by atoms with E-state index >= 15 is 0 Å². The monoisotopic (exact) mass is 460 g/mol. The molecule has 2 aliphatic heterocycles. The van der Waals surface area contributed by atoms with E-state index in [9.17, 15) is 15.4 Å². The van der Waals surface area contributed by atoms with Gasteiger partial charge in [0.2, 0.25) is 0 Å². The Morgan fingerprint density at radius 1 is 1.30 bits per heavy atom. The Kier molecular flexibility index (Phi) is 4.69. The highest BCUT2D eigenvalue weighted by Crippen LogP contribution is 2.44. The normalized spacial score (nSPS) is 19.9. The Balaban J connectivity index is 1.76. The number of nitrogens with one attached hydrogen (secondary N) is 1. The van der Waals surface area contributed by atoms with Crippen LogP contribution in [0, 0.1) is 26.9 Å². The Labute approximate surface area is 195 Å². The number of nitrogens with zero attached hydrogens (tertiary/aromatic N) is 4. The van der Waals surface area contributed by atoms with E-state index in [-0.39, 0.29) is 27.7 Å². The molecule has 0 amide bonds. The number of hydrogen-bond donors (Lipinski definition) is 2. The number of aromatic nitrogens is 1. The lowest BCUT2D eigenvalue weighted by molar-refractivity contribution is -0.432. The van der Waals surface area contributed by atoms with Gasteiger partial charge in [-0.15, -0.1) is 0 Å². The van der Waals surface area contributed by atoms with Crippen LogP contribution in [-0.2, 0) is 0 Å². The molecule has 0 radical (unpaired) electrons. The first-order chi connectivity index (χ1) is 15.7. The van der Waals surface area contributed by atoms with Gasteiger partial charge in [0.05, 0.1) is 22.1 Å². The quantitative estimate of drug-likeness (QED) is 0.254. The third-order valence-electron chi connectivity index (χ3n) is 6.28. The van der Waals surface area contributed by atoms with E-state index in [1.54, 1.807) is 11.0 Å². The minimum Gasteiger partial charge on any atom is -0.384 e. The Morgan fingerprint density at radius 3 is 2.76 bits per heavy atom. The van der Waals surface area contributed by atoms with Crippen LogP contribution in [0.3, 0.4) is 0 Å². The van der Waals surface area contributed by atoms with Crippen LogP contribution < -0.4 is 11.1 Å². The number of hydrogen-bond acceptors (Lipinski definition) is 7. The van der Waals surface area contributed by atoms with Crippen molar-refractivity contribution in [1.29, 1.82) is 5.26 Å². The minimum atomic E-state index is -1.04. The lowest BCUT2D eigenvalue weighted by Gasteiger charge is -2.44. The maximum atomic E-state index is 12.3. The van der Waals surface area contributed by atoms with E-state index in [1.165, 1.54) is 0 Å². The third-order valence-corrected chi connectivity index (χ3v) is 6.58. The standard InChI is InChI=1S/C24H21ClN6O2/c1-24(2)11-28-23-20(31(32)33)18(17(10-26)22(27)30(23)12-24)16-9-14-8-7-13-5-3-4-6-15(13)19(14)29-21(16)25/h3-9,18,28H,11-12,27H2,1-2H3. The summed E-state index contributed by atoms with van der Waals surface area (Å²) in [4.78, 5) is 18.1. The number of allylic oxidation sites excluding steroid dienone is 1. The Bertz CT molecular complexity index is 1450. The van der Waals surface area contributed by atoms with Crippen molar-refractivity contribution in [2.75, 3.05) is 13.1 Å². The fourth-order valence-electron chi connectivity index (χ4n) is 4.70. The van der Waals surface area contributed by atoms with Gasteiger partial charge >= 0.3 is 0 Å². The molecular weight excluding hydrogens is 440 g/mol. The largest absolute Gasteiger partial charge is 0.384 e. The van der Waals surface area contributed by atoms with E-state index in [4.69, 9.17) is 17.3 Å². The van der Waals surface area contributed by atoms with Crippen LogP contribution >= 0.6 is 11.6 Å². The fraction of sp³-hybridized carbons (Fsp3) is 0.250. The molecule has 9 heteroatoms. The molecule has 1 unspecified atom stereocenters. The van der Waals surface area contributed by atoms with Crippen LogP contribution in [0.1, 0.15) is 25.3 Å². The summed E-state index contributed by atoms with van der Waals surface area (Å²) in [7, 11) is 0. The number of nitrogens with two attached hydrogens (primary N) is 1. The van der Waals surface area contributed by atoms with Gasteiger partial charge in [0.15, 0.2) is 5.82 Å². The Morgan fingerprint density at radius 2 is 2.03 bits per heavy atom. The fourth-order valence-corrected chi connectivity index (χ4v) is 4.95. The zero-order chi connectivity index (χ0) is 23.5. The summed E-state index contributed by atoms with van der Waals surface area (Å²) >= 11 is 6.63. The molecular formula is C24H21ClN6O2. The number of benzene rings is 2. The second-order valence-corrected chi connectivity index (χ2v) is 9.52. The van der Waals surface area contributed by atoms with Crippen molar-refractivity contribution in [3.8, 4) is 6.07 Å². The summed E-state index contributed by atoms with van der Waals surface area (Å²) in [6, 6.07) is 15.6. The lowest BCUT2D eigenvalue weighted by atomic mass is 9.83. The topological polar surface area (TPSA) is 121 Å². The number of rotatable bonds is 2. The van der Waals surface area contributed by atoms with Crippen molar-refractivity contribution in [1.82, 2.24) is 15.2 Å². The zero-order valence-electron chi connectivity index (χ0n) is 18.1. The summed E-state index contributed by atoms with van der Waals surface area (Å²) in [6.07, 6.45) is 0. The number of nitriles is 1. The summed E-state index contributed by atoms with van der Waals surface area (Å²) in [5.41, 5.74) is 7.24. The molecule has 3 N–H and O–H groups in total. The van der Waals surface area contributed by atoms with Crippen molar-refractivity contribution < 1.29 is 4.92 Å². The average Bonchev–Trinajstić information content (AvgIpc) is 2.78. The van der Waals surface area contributed by atoms with Gasteiger partial charge in [0.25, 0.3) is 5.70 Å². The molecule has 3 aromatic rings. The molecule has 0 saturated carbocycles. The van der Waals surface area contributed by atoms with Crippen molar-refractivity contribution in [2.24, 2.45) is 11.1 Å². The van der Waals surface area contributed by atoms with E-state index in [0.29, 0.717) is 30.0 Å². The van der Waals surface area contributed by atoms with Crippen molar-refractivity contribution >= 4 is 33.3 Å². The summed E-state index contributed by atoms with van der Waals surface area (Å²) in [5.74, 6) is -0.547. The molecule has 2 aliphatic rings. The van der Waals surface area contributed by atoms with Crippen molar-refractivity contribution in [3.63, 3.8) is 0 Å². The van der Waals surface area contributed by atoms with E-state index in [1.807, 2.05) is 50.2 Å². The van der Waals surface area contributed by atoms with Gasteiger partial charge in [-0.25, -0.2) is 4.98 Å². The number of halogens is 1. The average molecular weight is 461 g/mol. The SMILES string of the molecule is CC1(C)CNC2=C([N+](=O)[O-])C(c3cc4ccc5ccccc5c4nc3Cl)C(C#N)=C(N)N2C1. The number of fused-ring (bicyclic) bond motifs is 4. The van der Waals surface area contributed by atoms with Crippen LogP contribution in [0.5, 0.6) is 0 Å². The second-order valence-electron chi connectivity index (χ2n) is 9.17. The van der Waals surface area contributed by atoms with E-state index in [2.05, 4.69) is 16.4 Å². The lowest BCUT2D eigenvalue weighted by Crippen LogP contribution is -2.53. The minimum absolute atomic E-state index is 0.0915. The predicted molar refractivity (Wildman–Crippen MR) is 126 cm³/mol. The van der Waals surface area contributed by atoms with Crippen molar-refractivity contribution in [2.45, 2.75) is 19.8 Å². The molecule has 1 aromatic heterocycles. The highest BCUT2D eigenvalue weighted by Gasteiger charge is 2.47. The van der Waals surface area contributed by atoms with Crippen LogP contribution in [-0.4, -0.2) is 27.9 Å². The molecule has 0 bridgehead atoms. The first-order valence-corrected chi connectivity index (χ1v) is 10.9. The molecule has 1 saturated heterocycles. The van der Waals surface area contributed by atoms with Crippen LogP contribution in [0.25, 0.3) is 21.7 Å². The van der Waals surface area contributed by atoms with Crippen LogP contribution in [0.2, 0.25) is 5.15 Å². The first kappa shape index (κ1) is 21.0. The molecule has 2 aromatic carbocycles. The molecule has 1 fully saturated rings. The van der Waals surface area contributed by atoms with Gasteiger partial charge in [-0.05, 0) is 11.5 Å². The summed E-state index contributed by atoms with van der Waals surface area (Å²) in [5, 5.41) is 28.3. The van der Waals surface area contributed by atoms with Gasteiger partial charge in [0, 0.05) is 34.8 Å². The maximum absolute atomic E-state index is 12.3. The third kappa shape index (κ3) is 3.24. The smallest absolute Gasteiger partial charge is 0.299 e. The molecule has 0 spiro atoms. The maximum Gasteiger partial charge on any atom is 0.299 e. The molecule has 33 heavy (non-hydrogen) atoms. The molecule has 8 nitrogen and oxygen atoms in total. The highest BCUT2D eigenvalue weighted by molar-refractivity contribution is 6.31. The second kappa shape index (κ2) is 7.36. The van der Waals surface area contributed by atoms with E-state index < -0.39 is 10.8 Å². The van der Waals surface area contributed by atoms with Crippen LogP contribution in [0.4, 0.5) is 0 Å². The van der Waals surface area contributed by atoms with Crippen LogP contribution in [0.15, 0.2) is 65.4 Å². The van der Waals surface area contributed by atoms with Gasteiger partial charge in [0.1, 0.15) is 16.9 Å². The zero-order valence-corrected chi connectivity index (χ0v) is 18.8.